The standard InChI is InChI=1S/C22H23F3N4O3/c1-12(13-4-3-5-14(17(13)23)18(24)25)28-19-15-10-16(22(31)6-8-32-9-7-22)21(30)29(2)20(15)27-11-26-19/h3-5,10-12,18,31H,6-9H2,1-2H3,(H,26,27,28)/t12-/m1/s1. The molecule has 1 aliphatic heterocycles. The Morgan fingerprint density at radius 1 is 1.22 bits per heavy atom. The van der Waals surface area contributed by atoms with Crippen molar-refractivity contribution in [3.05, 3.63) is 63.5 Å². The molecule has 0 unspecified atom stereocenters. The van der Waals surface area contributed by atoms with Crippen LogP contribution in [0.5, 0.6) is 0 Å². The number of nitrogens with one attached hydrogen (secondary N) is 1. The molecule has 2 aromatic heterocycles. The van der Waals surface area contributed by atoms with Crippen LogP contribution < -0.4 is 10.9 Å². The van der Waals surface area contributed by atoms with E-state index in [1.807, 2.05) is 0 Å². The first-order chi connectivity index (χ1) is 15.2. The molecule has 0 bridgehead atoms. The van der Waals surface area contributed by atoms with Gasteiger partial charge in [-0.1, -0.05) is 18.2 Å². The van der Waals surface area contributed by atoms with Gasteiger partial charge >= 0.3 is 0 Å². The van der Waals surface area contributed by atoms with Crippen molar-refractivity contribution < 1.29 is 23.0 Å². The lowest BCUT2D eigenvalue weighted by Gasteiger charge is -2.32. The van der Waals surface area contributed by atoms with Crippen molar-refractivity contribution in [1.82, 2.24) is 14.5 Å². The second-order valence-corrected chi connectivity index (χ2v) is 7.94. The number of aliphatic hydroxyl groups is 1. The number of aromatic nitrogens is 3. The van der Waals surface area contributed by atoms with Gasteiger partial charge in [0.05, 0.1) is 22.6 Å². The van der Waals surface area contributed by atoms with Crippen molar-refractivity contribution in [1.29, 1.82) is 0 Å². The minimum atomic E-state index is -2.93. The van der Waals surface area contributed by atoms with Gasteiger partial charge in [-0.05, 0) is 13.0 Å². The summed E-state index contributed by atoms with van der Waals surface area (Å²) in [7, 11) is 1.54. The first-order valence-electron chi connectivity index (χ1n) is 10.2. The topological polar surface area (TPSA) is 89.3 Å². The van der Waals surface area contributed by atoms with E-state index in [1.54, 1.807) is 20.0 Å². The van der Waals surface area contributed by atoms with E-state index in [1.165, 1.54) is 23.0 Å². The van der Waals surface area contributed by atoms with Crippen LogP contribution >= 0.6 is 0 Å². The maximum absolute atomic E-state index is 14.6. The van der Waals surface area contributed by atoms with Crippen molar-refractivity contribution in [3.8, 4) is 0 Å². The predicted octanol–water partition coefficient (Wildman–Crippen LogP) is 3.58. The molecule has 0 amide bonds. The third-order valence-electron chi connectivity index (χ3n) is 5.94. The first-order valence-corrected chi connectivity index (χ1v) is 10.2. The molecule has 1 aliphatic rings. The smallest absolute Gasteiger partial charge is 0.266 e. The van der Waals surface area contributed by atoms with Gasteiger partial charge in [-0.15, -0.1) is 0 Å². The molecule has 0 aliphatic carbocycles. The van der Waals surface area contributed by atoms with Crippen molar-refractivity contribution in [2.24, 2.45) is 7.05 Å². The molecule has 0 spiro atoms. The number of aryl methyl sites for hydroxylation is 1. The van der Waals surface area contributed by atoms with Gasteiger partial charge in [0.15, 0.2) is 0 Å². The van der Waals surface area contributed by atoms with Crippen LogP contribution in [0.15, 0.2) is 35.4 Å². The minimum absolute atomic E-state index is 0.0580. The largest absolute Gasteiger partial charge is 0.385 e. The molecule has 4 rings (SSSR count). The van der Waals surface area contributed by atoms with Crippen LogP contribution in [-0.4, -0.2) is 32.9 Å². The summed E-state index contributed by atoms with van der Waals surface area (Å²) in [6.07, 6.45) is -1.14. The summed E-state index contributed by atoms with van der Waals surface area (Å²) in [5, 5.41) is 14.6. The fourth-order valence-corrected chi connectivity index (χ4v) is 4.05. The monoisotopic (exact) mass is 448 g/mol. The number of halogens is 3. The molecule has 3 aromatic rings. The molecular weight excluding hydrogens is 425 g/mol. The molecule has 2 N–H and O–H groups in total. The maximum atomic E-state index is 14.6. The Balaban J connectivity index is 1.79. The summed E-state index contributed by atoms with van der Waals surface area (Å²) in [4.78, 5) is 21.4. The van der Waals surface area contributed by atoms with Gasteiger partial charge in [0.1, 0.15) is 23.6 Å². The Kier molecular flexibility index (Phi) is 5.91. The van der Waals surface area contributed by atoms with Crippen molar-refractivity contribution in [2.75, 3.05) is 18.5 Å². The fourth-order valence-electron chi connectivity index (χ4n) is 4.05. The highest BCUT2D eigenvalue weighted by Gasteiger charge is 2.35. The quantitative estimate of drug-likeness (QED) is 0.620. The third kappa shape index (κ3) is 3.84. The molecule has 0 saturated carbocycles. The van der Waals surface area contributed by atoms with E-state index in [4.69, 9.17) is 4.74 Å². The SMILES string of the molecule is C[C@@H](Nc1ncnc2c1cc(C1(O)CCOCC1)c(=O)n2C)c1cccc(C(F)F)c1F. The summed E-state index contributed by atoms with van der Waals surface area (Å²) in [6, 6.07) is 4.68. The summed E-state index contributed by atoms with van der Waals surface area (Å²) >= 11 is 0. The lowest BCUT2D eigenvalue weighted by molar-refractivity contribution is -0.0688. The highest BCUT2D eigenvalue weighted by molar-refractivity contribution is 5.87. The molecule has 3 heterocycles. The number of hydrogen-bond acceptors (Lipinski definition) is 6. The van der Waals surface area contributed by atoms with Crippen LogP contribution in [0.4, 0.5) is 19.0 Å². The Bertz CT molecular complexity index is 1210. The molecule has 170 valence electrons. The summed E-state index contributed by atoms with van der Waals surface area (Å²) in [5.74, 6) is -0.692. The molecular formula is C22H23F3N4O3. The average Bonchev–Trinajstić information content (AvgIpc) is 2.76. The molecule has 0 radical (unpaired) electrons. The lowest BCUT2D eigenvalue weighted by Crippen LogP contribution is -2.40. The predicted molar refractivity (Wildman–Crippen MR) is 112 cm³/mol. The van der Waals surface area contributed by atoms with E-state index < -0.39 is 29.4 Å². The van der Waals surface area contributed by atoms with Gasteiger partial charge in [0.2, 0.25) is 0 Å². The Morgan fingerprint density at radius 2 is 1.91 bits per heavy atom. The molecule has 1 atom stereocenters. The van der Waals surface area contributed by atoms with E-state index in [2.05, 4.69) is 15.3 Å². The number of alkyl halides is 2. The Labute approximate surface area is 181 Å². The van der Waals surface area contributed by atoms with Crippen LogP contribution in [0, 0.1) is 5.82 Å². The van der Waals surface area contributed by atoms with Crippen LogP contribution in [-0.2, 0) is 17.4 Å². The first kappa shape index (κ1) is 22.2. The lowest BCUT2D eigenvalue weighted by atomic mass is 9.87. The summed E-state index contributed by atoms with van der Waals surface area (Å²) < 4.78 is 47.5. The fraction of sp³-hybridized carbons (Fsp3) is 0.409. The van der Waals surface area contributed by atoms with Crippen LogP contribution in [0.3, 0.4) is 0 Å². The number of anilines is 1. The van der Waals surface area contributed by atoms with E-state index in [9.17, 15) is 23.1 Å². The molecule has 1 aromatic carbocycles. The molecule has 32 heavy (non-hydrogen) atoms. The van der Waals surface area contributed by atoms with Gasteiger partial charge in [-0.25, -0.2) is 23.1 Å². The maximum Gasteiger partial charge on any atom is 0.266 e. The molecule has 7 nitrogen and oxygen atoms in total. The molecule has 1 saturated heterocycles. The zero-order chi connectivity index (χ0) is 23.0. The normalized spacial score (nSPS) is 17.0. The zero-order valence-corrected chi connectivity index (χ0v) is 17.6. The van der Waals surface area contributed by atoms with E-state index >= 15 is 0 Å². The second kappa shape index (κ2) is 8.51. The van der Waals surface area contributed by atoms with Crippen molar-refractivity contribution in [2.45, 2.75) is 37.8 Å². The van der Waals surface area contributed by atoms with Gasteiger partial charge in [-0.2, -0.15) is 0 Å². The number of fused-ring (bicyclic) bond motifs is 1. The Morgan fingerprint density at radius 3 is 2.59 bits per heavy atom. The summed E-state index contributed by atoms with van der Waals surface area (Å²) in [6.45, 7) is 2.27. The van der Waals surface area contributed by atoms with Crippen molar-refractivity contribution in [3.63, 3.8) is 0 Å². The number of rotatable bonds is 5. The molecule has 1 fully saturated rings. The van der Waals surface area contributed by atoms with Gasteiger partial charge < -0.3 is 15.2 Å². The number of benzene rings is 1. The molecule has 10 heteroatoms. The van der Waals surface area contributed by atoms with Crippen LogP contribution in [0.1, 0.15) is 48.9 Å². The van der Waals surface area contributed by atoms with E-state index in [-0.39, 0.29) is 35.3 Å². The number of nitrogens with zero attached hydrogens (tertiary/aromatic N) is 3. The number of ether oxygens (including phenoxy) is 1. The van der Waals surface area contributed by atoms with E-state index in [0.717, 1.165) is 6.07 Å². The van der Waals surface area contributed by atoms with Crippen LogP contribution in [0.2, 0.25) is 0 Å². The second-order valence-electron chi connectivity index (χ2n) is 7.94. The zero-order valence-electron chi connectivity index (χ0n) is 17.6. The summed E-state index contributed by atoms with van der Waals surface area (Å²) in [5.41, 5.74) is -1.82. The average molecular weight is 448 g/mol. The Hall–Kier alpha value is -2.98. The van der Waals surface area contributed by atoms with Gasteiger partial charge in [0, 0.05) is 44.2 Å². The highest BCUT2D eigenvalue weighted by Crippen LogP contribution is 2.33. The van der Waals surface area contributed by atoms with Gasteiger partial charge in [0.25, 0.3) is 12.0 Å². The highest BCUT2D eigenvalue weighted by atomic mass is 19.3. The third-order valence-corrected chi connectivity index (χ3v) is 5.94. The van der Waals surface area contributed by atoms with E-state index in [0.29, 0.717) is 24.2 Å². The minimum Gasteiger partial charge on any atom is -0.385 e. The number of hydrogen-bond donors (Lipinski definition) is 2. The van der Waals surface area contributed by atoms with Gasteiger partial charge in [-0.3, -0.25) is 9.36 Å². The van der Waals surface area contributed by atoms with Crippen molar-refractivity contribution >= 4 is 16.9 Å². The number of pyridine rings is 1. The van der Waals surface area contributed by atoms with Crippen LogP contribution in [0.25, 0.3) is 11.0 Å².